The molecule has 2 bridgehead atoms. The van der Waals surface area contributed by atoms with E-state index >= 15 is 0 Å². The number of fused-ring (bicyclic) bond motifs is 4. The lowest BCUT2D eigenvalue weighted by atomic mass is 9.68. The highest BCUT2D eigenvalue weighted by Gasteiger charge is 2.44. The van der Waals surface area contributed by atoms with Crippen molar-refractivity contribution in [2.45, 2.75) is 69.8 Å². The van der Waals surface area contributed by atoms with E-state index in [0.717, 1.165) is 42.8 Å². The molecule has 1 saturated carbocycles. The van der Waals surface area contributed by atoms with Gasteiger partial charge >= 0.3 is 0 Å². The molecule has 2 aromatic carbocycles. The Hall–Kier alpha value is -2.88. The van der Waals surface area contributed by atoms with Crippen molar-refractivity contribution in [3.05, 3.63) is 70.3 Å². The monoisotopic (exact) mass is 625 g/mol. The number of ether oxygens (including phenoxy) is 1. The second kappa shape index (κ2) is 12.3. The normalized spacial score (nSPS) is 31.4. The minimum absolute atomic E-state index is 0.0447. The first-order chi connectivity index (χ1) is 20.7. The van der Waals surface area contributed by atoms with E-state index in [1.54, 1.807) is 25.1 Å². The summed E-state index contributed by atoms with van der Waals surface area (Å²) < 4.78 is 26.9. The Morgan fingerprint density at radius 2 is 2.09 bits per heavy atom. The minimum Gasteiger partial charge on any atom is -0.490 e. The largest absolute Gasteiger partial charge is 0.490 e. The van der Waals surface area contributed by atoms with Crippen molar-refractivity contribution in [3.63, 3.8) is 0 Å². The van der Waals surface area contributed by atoms with Gasteiger partial charge in [0, 0.05) is 35.5 Å². The minimum atomic E-state index is -3.33. The van der Waals surface area contributed by atoms with Crippen molar-refractivity contribution >= 4 is 39.0 Å². The third-order valence-corrected chi connectivity index (χ3v) is 11.7. The molecule has 5 atom stereocenters. The van der Waals surface area contributed by atoms with Crippen LogP contribution in [0.25, 0.3) is 0 Å². The molecule has 43 heavy (non-hydrogen) atoms. The van der Waals surface area contributed by atoms with Crippen LogP contribution in [0.4, 0.5) is 5.69 Å². The van der Waals surface area contributed by atoms with Crippen LogP contribution in [-0.2, 0) is 26.5 Å². The van der Waals surface area contributed by atoms with Gasteiger partial charge in [-0.2, -0.15) is 0 Å². The first-order valence-electron chi connectivity index (χ1n) is 15.4. The van der Waals surface area contributed by atoms with Crippen molar-refractivity contribution in [1.82, 2.24) is 4.72 Å². The van der Waals surface area contributed by atoms with E-state index in [1.165, 1.54) is 11.1 Å². The van der Waals surface area contributed by atoms with E-state index in [0.29, 0.717) is 43.9 Å². The van der Waals surface area contributed by atoms with E-state index in [2.05, 4.69) is 26.1 Å². The van der Waals surface area contributed by atoms with Crippen LogP contribution >= 0.6 is 11.6 Å². The zero-order chi connectivity index (χ0) is 30.2. The van der Waals surface area contributed by atoms with Gasteiger partial charge in [0.05, 0.1) is 24.2 Å². The van der Waals surface area contributed by atoms with Crippen LogP contribution in [0.3, 0.4) is 0 Å². The number of allylic oxidation sites excluding steroid dienone is 1. The molecule has 10 heteroatoms. The van der Waals surface area contributed by atoms with E-state index in [9.17, 15) is 18.9 Å². The number of anilines is 1. The highest BCUT2D eigenvalue weighted by molar-refractivity contribution is 7.92. The summed E-state index contributed by atoms with van der Waals surface area (Å²) in [6.07, 6.45) is 9.28. The van der Waals surface area contributed by atoms with Crippen LogP contribution in [0.2, 0.25) is 5.02 Å². The zero-order valence-electron chi connectivity index (χ0n) is 24.6. The van der Waals surface area contributed by atoms with E-state index in [1.807, 2.05) is 18.2 Å². The number of carbonyl (C=O) groups excluding carboxylic acids is 2. The molecule has 0 unspecified atom stereocenters. The third-order valence-electron chi connectivity index (χ3n) is 9.60. The molecule has 2 heterocycles. The Morgan fingerprint density at radius 1 is 1.23 bits per heavy atom. The number of nitrogens with one attached hydrogen (secondary N) is 1. The van der Waals surface area contributed by atoms with Gasteiger partial charge < -0.3 is 14.7 Å². The molecule has 2 aliphatic heterocycles. The Kier molecular flexibility index (Phi) is 8.59. The van der Waals surface area contributed by atoms with Gasteiger partial charge in [-0.3, -0.25) is 14.3 Å². The van der Waals surface area contributed by atoms with Crippen LogP contribution in [0, 0.1) is 11.8 Å². The molecular weight excluding hydrogens is 586 g/mol. The van der Waals surface area contributed by atoms with Crippen LogP contribution in [0.15, 0.2) is 52.9 Å². The molecular formula is C33H40ClN3O5S. The summed E-state index contributed by atoms with van der Waals surface area (Å²) in [5.41, 5.74) is 3.35. The number of hydrogen-bond acceptors (Lipinski definition) is 6. The number of nitrogens with zero attached hydrogens (tertiary/aromatic N) is 2. The number of aliphatic hydroxyl groups is 1. The molecule has 6 rings (SSSR count). The van der Waals surface area contributed by atoms with Gasteiger partial charge in [-0.15, -0.1) is 4.36 Å². The molecule has 0 aromatic heterocycles. The Labute approximate surface area is 259 Å². The molecule has 0 saturated heterocycles. The fraction of sp³-hybridized carbons (Fsp3) is 0.515. The number of carbonyl (C=O) groups is 2. The highest BCUT2D eigenvalue weighted by atomic mass is 35.5. The number of benzene rings is 2. The molecule has 1 spiro atoms. The first-order valence-corrected chi connectivity index (χ1v) is 17.5. The Bertz CT molecular complexity index is 1570. The molecule has 1 fully saturated rings. The standard InChI is InChI=1S/C33H40ClN3O5S/c1-2-31(39)35-43(41)16-5-3-4-8-29(38)26-12-9-24(26)19-37-20-33(15-6-7-22-17-25(34)11-13-27(22)33)21-42-30-14-10-23(18-28(30)37)32(40)36-43/h4,8,10-11,13-14,17-18,24,26,29,38H,2-3,5-7,9,12,15-16,19-21H2,1H3,(H,35,36,39,40,41)/b8-4+/t24-,26+,29-,33-,43+/m0/s1. The predicted molar refractivity (Wildman–Crippen MR) is 169 cm³/mol. The van der Waals surface area contributed by atoms with E-state index in [4.69, 9.17) is 16.3 Å². The summed E-state index contributed by atoms with van der Waals surface area (Å²) in [5, 5.41) is 11.8. The van der Waals surface area contributed by atoms with Gasteiger partial charge in [0.15, 0.2) is 0 Å². The lowest BCUT2D eigenvalue weighted by molar-refractivity contribution is -0.118. The Balaban J connectivity index is 1.43. The number of halogens is 1. The highest BCUT2D eigenvalue weighted by Crippen LogP contribution is 2.46. The number of hydrogen-bond donors (Lipinski definition) is 2. The van der Waals surface area contributed by atoms with Gasteiger partial charge in [-0.25, -0.2) is 4.21 Å². The number of amides is 2. The van der Waals surface area contributed by atoms with Gasteiger partial charge in [-0.05, 0) is 98.2 Å². The lowest BCUT2D eigenvalue weighted by Crippen LogP contribution is -2.49. The fourth-order valence-corrected chi connectivity index (χ4v) is 9.00. The molecule has 2 N–H and O–H groups in total. The summed E-state index contributed by atoms with van der Waals surface area (Å²) in [6.45, 7) is 3.58. The smallest absolute Gasteiger partial charge is 0.286 e. The second-order valence-corrected chi connectivity index (χ2v) is 15.0. The molecule has 2 aromatic rings. The molecule has 2 aliphatic carbocycles. The molecule has 230 valence electrons. The van der Waals surface area contributed by atoms with Crippen molar-refractivity contribution in [2.75, 3.05) is 30.3 Å². The molecule has 2 amide bonds. The Morgan fingerprint density at radius 3 is 2.88 bits per heavy atom. The summed E-state index contributed by atoms with van der Waals surface area (Å²) in [5.74, 6) is 0.114. The van der Waals surface area contributed by atoms with Crippen LogP contribution in [0.5, 0.6) is 5.75 Å². The van der Waals surface area contributed by atoms with E-state index < -0.39 is 27.8 Å². The summed E-state index contributed by atoms with van der Waals surface area (Å²) in [7, 11) is -3.33. The number of aliphatic hydroxyl groups excluding tert-OH is 1. The topological polar surface area (TPSA) is 108 Å². The SMILES string of the molecule is CCC(=O)N[S@@]1(=O)=NC(=O)c2ccc3c(c2)N(C[C@@H]2CC[C@H]2[C@@H](O)/C=C/CCC1)C[C@@]1(CCCc2cc(Cl)ccc21)CO3. The second-order valence-electron chi connectivity index (χ2n) is 12.5. The number of rotatable bonds is 2. The average Bonchev–Trinajstić information content (AvgIpc) is 3.11. The summed E-state index contributed by atoms with van der Waals surface area (Å²) in [6, 6.07) is 11.4. The zero-order valence-corrected chi connectivity index (χ0v) is 26.2. The lowest BCUT2D eigenvalue weighted by Gasteiger charge is -2.45. The predicted octanol–water partition coefficient (Wildman–Crippen LogP) is 5.60. The van der Waals surface area contributed by atoms with Gasteiger partial charge in [0.25, 0.3) is 5.91 Å². The van der Waals surface area contributed by atoms with Crippen molar-refractivity contribution in [1.29, 1.82) is 0 Å². The van der Waals surface area contributed by atoms with Crippen molar-refractivity contribution in [2.24, 2.45) is 16.2 Å². The quantitative estimate of drug-likeness (QED) is 0.421. The first kappa shape index (κ1) is 30.2. The van der Waals surface area contributed by atoms with E-state index in [-0.39, 0.29) is 29.4 Å². The third kappa shape index (κ3) is 6.22. The maximum Gasteiger partial charge on any atom is 0.286 e. The molecule has 4 aliphatic rings. The van der Waals surface area contributed by atoms with Crippen molar-refractivity contribution < 1.29 is 23.6 Å². The maximum atomic E-state index is 13.7. The van der Waals surface area contributed by atoms with Gasteiger partial charge in [0.2, 0.25) is 5.91 Å². The summed E-state index contributed by atoms with van der Waals surface area (Å²) >= 11 is 6.39. The fourth-order valence-electron chi connectivity index (χ4n) is 7.13. The van der Waals surface area contributed by atoms with Gasteiger partial charge in [0.1, 0.15) is 15.7 Å². The molecule has 8 nitrogen and oxygen atoms in total. The van der Waals surface area contributed by atoms with Gasteiger partial charge in [-0.1, -0.05) is 36.7 Å². The van der Waals surface area contributed by atoms with Crippen molar-refractivity contribution in [3.8, 4) is 5.75 Å². The average molecular weight is 626 g/mol. The number of aryl methyl sites for hydroxylation is 1. The van der Waals surface area contributed by atoms with Crippen LogP contribution < -0.4 is 14.4 Å². The summed E-state index contributed by atoms with van der Waals surface area (Å²) in [4.78, 5) is 28.1. The van der Waals surface area contributed by atoms with Crippen LogP contribution in [0.1, 0.15) is 73.4 Å². The molecule has 0 radical (unpaired) electrons. The maximum absolute atomic E-state index is 13.7. The van der Waals surface area contributed by atoms with Crippen LogP contribution in [-0.4, -0.2) is 52.7 Å².